The first-order valence-electron chi connectivity index (χ1n) is 10.1. The van der Waals surface area contributed by atoms with E-state index in [1.165, 1.54) is 15.5 Å². The molecule has 0 atom stereocenters. The van der Waals surface area contributed by atoms with Gasteiger partial charge in [0.25, 0.3) is 11.5 Å². The van der Waals surface area contributed by atoms with Crippen molar-refractivity contribution in [2.45, 2.75) is 34.2 Å². The number of aromatic amines is 1. The van der Waals surface area contributed by atoms with Gasteiger partial charge in [0.15, 0.2) is 5.69 Å². The monoisotopic (exact) mass is 443 g/mol. The predicted octanol–water partition coefficient (Wildman–Crippen LogP) is 3.28. The number of hydrogen-bond donors (Lipinski definition) is 2. The minimum atomic E-state index is -0.707. The second-order valence-corrected chi connectivity index (χ2v) is 8.70. The number of anilines is 2. The van der Waals surface area contributed by atoms with E-state index < -0.39 is 17.2 Å². The summed E-state index contributed by atoms with van der Waals surface area (Å²) in [4.78, 5) is 46.8. The van der Waals surface area contributed by atoms with Gasteiger partial charge in [0.2, 0.25) is 0 Å². The molecule has 0 bridgehead atoms. The quantitative estimate of drug-likeness (QED) is 0.567. The van der Waals surface area contributed by atoms with Crippen LogP contribution in [0, 0.1) is 11.8 Å². The number of aromatic nitrogens is 3. The Hall–Kier alpha value is -3.13. The molecule has 0 fully saturated rings. The maximum atomic E-state index is 13.7. The zero-order chi connectivity index (χ0) is 22.9. The highest BCUT2D eigenvalue weighted by Gasteiger charge is 2.27. The lowest BCUT2D eigenvalue weighted by Crippen LogP contribution is -2.43. The number of nitrogens with zero attached hydrogens (tertiary/aromatic N) is 3. The lowest BCUT2D eigenvalue weighted by molar-refractivity contribution is 0.0985. The van der Waals surface area contributed by atoms with Crippen LogP contribution in [-0.4, -0.2) is 27.0 Å². The van der Waals surface area contributed by atoms with Gasteiger partial charge < -0.3 is 10.6 Å². The molecule has 3 N–H and O–H groups in total. The summed E-state index contributed by atoms with van der Waals surface area (Å²) in [5.41, 5.74) is 5.79. The molecule has 0 saturated carbocycles. The average Bonchev–Trinajstić information content (AvgIpc) is 2.68. The van der Waals surface area contributed by atoms with Crippen LogP contribution in [0.5, 0.6) is 0 Å². The molecule has 0 radical (unpaired) electrons. The first-order chi connectivity index (χ1) is 14.6. The lowest BCUT2D eigenvalue weighted by atomic mass is 10.1. The number of fused-ring (bicyclic) bond motifs is 1. The van der Waals surface area contributed by atoms with Crippen LogP contribution in [0.4, 0.5) is 11.5 Å². The molecule has 0 saturated heterocycles. The number of nitrogens with two attached hydrogens (primary N) is 1. The molecule has 1 aromatic carbocycles. The van der Waals surface area contributed by atoms with Gasteiger partial charge in [-0.05, 0) is 24.0 Å². The lowest BCUT2D eigenvalue weighted by Gasteiger charge is -2.27. The number of para-hydroxylation sites is 1. The number of carbonyl (C=O) groups is 1. The minimum Gasteiger partial charge on any atom is -0.383 e. The average molecular weight is 444 g/mol. The largest absolute Gasteiger partial charge is 0.383 e. The second kappa shape index (κ2) is 8.93. The van der Waals surface area contributed by atoms with Crippen molar-refractivity contribution in [3.05, 3.63) is 61.9 Å². The molecule has 164 valence electrons. The summed E-state index contributed by atoms with van der Waals surface area (Å²) < 4.78 is 1.29. The van der Waals surface area contributed by atoms with Crippen LogP contribution in [0.1, 0.15) is 38.1 Å². The van der Waals surface area contributed by atoms with Crippen LogP contribution in [0.15, 0.2) is 39.9 Å². The summed E-state index contributed by atoms with van der Waals surface area (Å²) in [5, 5.41) is 0.773. The Balaban J connectivity index is 2.25. The van der Waals surface area contributed by atoms with Crippen LogP contribution in [0.3, 0.4) is 0 Å². The van der Waals surface area contributed by atoms with Gasteiger partial charge in [0, 0.05) is 18.5 Å². The Morgan fingerprint density at radius 2 is 1.87 bits per heavy atom. The Morgan fingerprint density at radius 3 is 2.52 bits per heavy atom. The number of carbonyl (C=O) groups excluding carboxylic acids is 1. The van der Waals surface area contributed by atoms with Crippen molar-refractivity contribution in [3.63, 3.8) is 0 Å². The molecule has 1 amide bonds. The fraction of sp³-hybridized carbons (Fsp3) is 0.364. The number of nitrogen functional groups attached to an aromatic ring is 1. The fourth-order valence-electron chi connectivity index (χ4n) is 3.49. The molecule has 9 heteroatoms. The van der Waals surface area contributed by atoms with Crippen LogP contribution in [-0.2, 0) is 6.54 Å². The van der Waals surface area contributed by atoms with Crippen LogP contribution in [0.25, 0.3) is 10.9 Å². The maximum absolute atomic E-state index is 13.7. The maximum Gasteiger partial charge on any atom is 0.330 e. The molecule has 0 aliphatic carbocycles. The first kappa shape index (κ1) is 22.6. The number of halogens is 1. The zero-order valence-electron chi connectivity index (χ0n) is 18.0. The van der Waals surface area contributed by atoms with Gasteiger partial charge in [-0.25, -0.2) is 9.78 Å². The van der Waals surface area contributed by atoms with E-state index in [0.717, 1.165) is 0 Å². The highest BCUT2D eigenvalue weighted by molar-refractivity contribution is 6.30. The van der Waals surface area contributed by atoms with Gasteiger partial charge in [0.1, 0.15) is 11.0 Å². The number of nitrogens with one attached hydrogen (secondary N) is 1. The van der Waals surface area contributed by atoms with Crippen molar-refractivity contribution < 1.29 is 4.79 Å². The molecule has 0 unspecified atom stereocenters. The SMILES string of the molecule is CC(C)CN(C(=O)c1cc(Cl)nc2ccccc12)c1c(N)n(CC(C)C)c(=O)[nH]c1=O. The van der Waals surface area contributed by atoms with Crippen molar-refractivity contribution in [2.75, 3.05) is 17.2 Å². The molecule has 0 aliphatic heterocycles. The third-order valence-corrected chi connectivity index (χ3v) is 4.93. The molecule has 3 rings (SSSR count). The van der Waals surface area contributed by atoms with Crippen molar-refractivity contribution >= 4 is 39.9 Å². The van der Waals surface area contributed by atoms with Crippen LogP contribution < -0.4 is 21.9 Å². The standard InChI is InChI=1S/C22H26ClN5O3/c1-12(2)10-27(18-19(24)28(11-13(3)4)22(31)26-20(18)29)21(30)15-9-17(23)25-16-8-6-5-7-14(15)16/h5-9,12-13H,10-11,24H2,1-4H3,(H,26,29,31). The molecular weight excluding hydrogens is 418 g/mol. The summed E-state index contributed by atoms with van der Waals surface area (Å²) in [6.45, 7) is 8.24. The molecule has 31 heavy (non-hydrogen) atoms. The molecule has 3 aromatic rings. The predicted molar refractivity (Wildman–Crippen MR) is 124 cm³/mol. The Kier molecular flexibility index (Phi) is 6.50. The van der Waals surface area contributed by atoms with Gasteiger partial charge in [-0.15, -0.1) is 0 Å². The Bertz CT molecular complexity index is 1250. The minimum absolute atomic E-state index is 0.0248. The van der Waals surface area contributed by atoms with Gasteiger partial charge in [-0.3, -0.25) is 19.1 Å². The fourth-order valence-corrected chi connectivity index (χ4v) is 3.69. The summed E-state index contributed by atoms with van der Waals surface area (Å²) in [5.74, 6) is -0.352. The molecule has 2 aromatic heterocycles. The number of H-pyrrole nitrogens is 1. The topological polar surface area (TPSA) is 114 Å². The molecule has 0 spiro atoms. The van der Waals surface area contributed by atoms with E-state index in [4.69, 9.17) is 17.3 Å². The summed E-state index contributed by atoms with van der Waals surface area (Å²) in [6, 6.07) is 8.61. The van der Waals surface area contributed by atoms with E-state index in [2.05, 4.69) is 9.97 Å². The first-order valence-corrected chi connectivity index (χ1v) is 10.5. The van der Waals surface area contributed by atoms with E-state index in [-0.39, 0.29) is 35.0 Å². The van der Waals surface area contributed by atoms with E-state index in [0.29, 0.717) is 23.0 Å². The van der Waals surface area contributed by atoms with Crippen LogP contribution >= 0.6 is 11.6 Å². The molecule has 2 heterocycles. The summed E-state index contributed by atoms with van der Waals surface area (Å²) in [7, 11) is 0. The summed E-state index contributed by atoms with van der Waals surface area (Å²) >= 11 is 6.17. The molecule has 8 nitrogen and oxygen atoms in total. The summed E-state index contributed by atoms with van der Waals surface area (Å²) in [6.07, 6.45) is 0. The van der Waals surface area contributed by atoms with Crippen molar-refractivity contribution in [3.8, 4) is 0 Å². The van der Waals surface area contributed by atoms with E-state index in [1.54, 1.807) is 24.3 Å². The van der Waals surface area contributed by atoms with E-state index in [9.17, 15) is 14.4 Å². The van der Waals surface area contributed by atoms with Crippen molar-refractivity contribution in [1.29, 1.82) is 0 Å². The third-order valence-electron chi connectivity index (χ3n) is 4.74. The molecular formula is C22H26ClN5O3. The van der Waals surface area contributed by atoms with Gasteiger partial charge in [-0.2, -0.15) is 0 Å². The normalized spacial score (nSPS) is 11.5. The van der Waals surface area contributed by atoms with E-state index in [1.807, 2.05) is 27.7 Å². The Morgan fingerprint density at radius 1 is 1.19 bits per heavy atom. The third kappa shape index (κ3) is 4.64. The van der Waals surface area contributed by atoms with Gasteiger partial charge in [0.05, 0.1) is 11.1 Å². The van der Waals surface area contributed by atoms with Crippen molar-refractivity contribution in [2.24, 2.45) is 11.8 Å². The van der Waals surface area contributed by atoms with Gasteiger partial charge >= 0.3 is 5.69 Å². The van der Waals surface area contributed by atoms with Crippen LogP contribution in [0.2, 0.25) is 5.15 Å². The van der Waals surface area contributed by atoms with Crippen molar-refractivity contribution in [1.82, 2.24) is 14.5 Å². The number of rotatable bonds is 6. The number of hydrogen-bond acceptors (Lipinski definition) is 5. The highest BCUT2D eigenvalue weighted by Crippen LogP contribution is 2.26. The highest BCUT2D eigenvalue weighted by atomic mass is 35.5. The second-order valence-electron chi connectivity index (χ2n) is 8.32. The smallest absolute Gasteiger partial charge is 0.330 e. The number of benzene rings is 1. The van der Waals surface area contributed by atoms with E-state index >= 15 is 0 Å². The number of pyridine rings is 1. The number of amides is 1. The van der Waals surface area contributed by atoms with Gasteiger partial charge in [-0.1, -0.05) is 57.5 Å². The zero-order valence-corrected chi connectivity index (χ0v) is 18.7. The molecule has 0 aliphatic rings. The Labute approximate surface area is 184 Å².